The van der Waals surface area contributed by atoms with Crippen LogP contribution in [0.15, 0.2) is 0 Å². The van der Waals surface area contributed by atoms with Crippen LogP contribution >= 0.6 is 0 Å². The van der Waals surface area contributed by atoms with Crippen molar-refractivity contribution in [1.29, 1.82) is 0 Å². The maximum atomic E-state index is 12.3. The molecule has 1 aliphatic heterocycles. The smallest absolute Gasteiger partial charge is 0.410 e. The van der Waals surface area contributed by atoms with Crippen molar-refractivity contribution in [2.75, 3.05) is 26.8 Å². The number of carbonyl (C=O) groups excluding carboxylic acids is 1. The summed E-state index contributed by atoms with van der Waals surface area (Å²) in [7, 11) is 1.73. The molecule has 0 aromatic carbocycles. The number of rotatable bonds is 6. The first-order valence-electron chi connectivity index (χ1n) is 8.73. The standard InChI is InChI=1S/C17H32N2O4/c1-6-22-14-10-13(15(14)21-5)18-11-12-8-7-9-19(12)16(20)23-17(2,3)4/h12-15,18H,6-11H2,1-5H3. The molecule has 6 nitrogen and oxygen atoms in total. The fraction of sp³-hybridized carbons (Fsp3) is 0.941. The summed E-state index contributed by atoms with van der Waals surface area (Å²) in [5.74, 6) is 0. The van der Waals surface area contributed by atoms with E-state index in [1.807, 2.05) is 32.6 Å². The number of nitrogens with zero attached hydrogens (tertiary/aromatic N) is 1. The molecule has 4 atom stereocenters. The fourth-order valence-corrected chi connectivity index (χ4v) is 3.37. The average Bonchev–Trinajstić information content (AvgIpc) is 2.89. The molecule has 0 aromatic heterocycles. The van der Waals surface area contributed by atoms with Gasteiger partial charge in [0.2, 0.25) is 0 Å². The van der Waals surface area contributed by atoms with E-state index in [0.717, 1.165) is 32.4 Å². The normalized spacial score (nSPS) is 31.1. The van der Waals surface area contributed by atoms with Crippen LogP contribution in [0.5, 0.6) is 0 Å². The van der Waals surface area contributed by atoms with Gasteiger partial charge in [0.15, 0.2) is 0 Å². The Morgan fingerprint density at radius 2 is 2.09 bits per heavy atom. The zero-order valence-corrected chi connectivity index (χ0v) is 15.1. The minimum atomic E-state index is -0.447. The highest BCUT2D eigenvalue weighted by molar-refractivity contribution is 5.69. The number of nitrogens with one attached hydrogen (secondary N) is 1. The molecule has 4 unspecified atom stereocenters. The Bertz CT molecular complexity index is 397. The van der Waals surface area contributed by atoms with E-state index >= 15 is 0 Å². The van der Waals surface area contributed by atoms with Crippen molar-refractivity contribution in [3.05, 3.63) is 0 Å². The van der Waals surface area contributed by atoms with E-state index in [0.29, 0.717) is 12.6 Å². The lowest BCUT2D eigenvalue weighted by Gasteiger charge is -2.44. The Labute approximate surface area is 139 Å². The van der Waals surface area contributed by atoms with Crippen LogP contribution in [0.4, 0.5) is 4.79 Å². The van der Waals surface area contributed by atoms with Gasteiger partial charge in [-0.25, -0.2) is 4.79 Å². The van der Waals surface area contributed by atoms with Gasteiger partial charge in [-0.05, 0) is 47.0 Å². The fourth-order valence-electron chi connectivity index (χ4n) is 3.37. The summed E-state index contributed by atoms with van der Waals surface area (Å²) in [4.78, 5) is 14.1. The minimum Gasteiger partial charge on any atom is -0.444 e. The molecular weight excluding hydrogens is 296 g/mol. The van der Waals surface area contributed by atoms with Crippen molar-refractivity contribution in [2.24, 2.45) is 0 Å². The molecule has 0 radical (unpaired) electrons. The monoisotopic (exact) mass is 328 g/mol. The SMILES string of the molecule is CCOC1CC(NCC2CCCN2C(=O)OC(C)(C)C)C1OC. The zero-order chi connectivity index (χ0) is 17.0. The van der Waals surface area contributed by atoms with E-state index in [-0.39, 0.29) is 24.3 Å². The largest absolute Gasteiger partial charge is 0.444 e. The van der Waals surface area contributed by atoms with Crippen molar-refractivity contribution >= 4 is 6.09 Å². The highest BCUT2D eigenvalue weighted by Crippen LogP contribution is 2.28. The second-order valence-electron chi connectivity index (χ2n) is 7.41. The number of carbonyl (C=O) groups is 1. The lowest BCUT2D eigenvalue weighted by atomic mass is 9.85. The van der Waals surface area contributed by atoms with Gasteiger partial charge >= 0.3 is 6.09 Å². The van der Waals surface area contributed by atoms with Crippen LogP contribution in [0.2, 0.25) is 0 Å². The molecule has 1 saturated carbocycles. The van der Waals surface area contributed by atoms with Gasteiger partial charge in [-0.2, -0.15) is 0 Å². The van der Waals surface area contributed by atoms with Gasteiger partial charge in [-0.1, -0.05) is 0 Å². The third kappa shape index (κ3) is 4.81. The molecule has 2 aliphatic rings. The van der Waals surface area contributed by atoms with E-state index in [4.69, 9.17) is 14.2 Å². The van der Waals surface area contributed by atoms with Crippen LogP contribution in [0.25, 0.3) is 0 Å². The van der Waals surface area contributed by atoms with Gasteiger partial charge < -0.3 is 24.4 Å². The molecule has 134 valence electrons. The highest BCUT2D eigenvalue weighted by Gasteiger charge is 2.42. The van der Waals surface area contributed by atoms with Gasteiger partial charge in [0.1, 0.15) is 5.60 Å². The Morgan fingerprint density at radius 1 is 1.35 bits per heavy atom. The number of hydrogen-bond acceptors (Lipinski definition) is 5. The van der Waals surface area contributed by atoms with Crippen LogP contribution in [-0.2, 0) is 14.2 Å². The lowest BCUT2D eigenvalue weighted by Crippen LogP contribution is -2.61. The first-order valence-corrected chi connectivity index (χ1v) is 8.73. The molecule has 6 heteroatoms. The van der Waals surface area contributed by atoms with Gasteiger partial charge in [-0.15, -0.1) is 0 Å². The van der Waals surface area contributed by atoms with E-state index in [9.17, 15) is 4.79 Å². The summed E-state index contributed by atoms with van der Waals surface area (Å²) < 4.78 is 16.7. The maximum Gasteiger partial charge on any atom is 0.410 e. The van der Waals surface area contributed by atoms with Gasteiger partial charge in [0.25, 0.3) is 0 Å². The summed E-state index contributed by atoms with van der Waals surface area (Å²) in [5, 5.41) is 3.54. The van der Waals surface area contributed by atoms with Crippen molar-refractivity contribution in [1.82, 2.24) is 10.2 Å². The molecule has 23 heavy (non-hydrogen) atoms. The number of ether oxygens (including phenoxy) is 3. The summed E-state index contributed by atoms with van der Waals surface area (Å²) >= 11 is 0. The van der Waals surface area contributed by atoms with Crippen LogP contribution in [0.3, 0.4) is 0 Å². The van der Waals surface area contributed by atoms with Gasteiger partial charge in [0.05, 0.1) is 12.2 Å². The molecule has 2 rings (SSSR count). The predicted molar refractivity (Wildman–Crippen MR) is 88.6 cm³/mol. The summed E-state index contributed by atoms with van der Waals surface area (Å²) in [6.07, 6.45) is 3.10. The third-order valence-corrected chi connectivity index (χ3v) is 4.52. The van der Waals surface area contributed by atoms with Crippen molar-refractivity contribution in [2.45, 2.75) is 76.9 Å². The van der Waals surface area contributed by atoms with E-state index in [1.54, 1.807) is 7.11 Å². The second-order valence-corrected chi connectivity index (χ2v) is 7.41. The molecule has 1 amide bonds. The first kappa shape index (κ1) is 18.5. The molecule has 1 heterocycles. The Morgan fingerprint density at radius 3 is 2.70 bits per heavy atom. The second kappa shape index (κ2) is 7.81. The molecule has 2 fully saturated rings. The summed E-state index contributed by atoms with van der Waals surface area (Å²) in [6.45, 7) is 9.99. The average molecular weight is 328 g/mol. The number of amides is 1. The van der Waals surface area contributed by atoms with Crippen LogP contribution in [0.1, 0.15) is 47.0 Å². The molecular formula is C17H32N2O4. The Balaban J connectivity index is 1.80. The number of likely N-dealkylation sites (tertiary alicyclic amines) is 1. The maximum absolute atomic E-state index is 12.3. The van der Waals surface area contributed by atoms with Gasteiger partial charge in [0, 0.05) is 38.9 Å². The van der Waals surface area contributed by atoms with Crippen LogP contribution < -0.4 is 5.32 Å². The van der Waals surface area contributed by atoms with Gasteiger partial charge in [-0.3, -0.25) is 0 Å². The Kier molecular flexibility index (Phi) is 6.28. The Hall–Kier alpha value is -0.850. The number of hydrogen-bond donors (Lipinski definition) is 1. The molecule has 0 bridgehead atoms. The summed E-state index contributed by atoms with van der Waals surface area (Å²) in [6, 6.07) is 0.506. The highest BCUT2D eigenvalue weighted by atomic mass is 16.6. The van der Waals surface area contributed by atoms with Crippen molar-refractivity contribution < 1.29 is 19.0 Å². The topological polar surface area (TPSA) is 60.0 Å². The third-order valence-electron chi connectivity index (χ3n) is 4.52. The molecule has 1 saturated heterocycles. The van der Waals surface area contributed by atoms with Crippen LogP contribution in [0, 0.1) is 0 Å². The molecule has 0 spiro atoms. The minimum absolute atomic E-state index is 0.103. The molecule has 1 aliphatic carbocycles. The first-order chi connectivity index (χ1) is 10.9. The summed E-state index contributed by atoms with van der Waals surface area (Å²) in [5.41, 5.74) is -0.447. The number of methoxy groups -OCH3 is 1. The lowest BCUT2D eigenvalue weighted by molar-refractivity contribution is -0.131. The predicted octanol–water partition coefficient (Wildman–Crippen LogP) is 2.17. The van der Waals surface area contributed by atoms with Crippen molar-refractivity contribution in [3.63, 3.8) is 0 Å². The quantitative estimate of drug-likeness (QED) is 0.810. The zero-order valence-electron chi connectivity index (χ0n) is 15.1. The van der Waals surface area contributed by atoms with E-state index in [1.165, 1.54) is 0 Å². The molecule has 0 aromatic rings. The van der Waals surface area contributed by atoms with Crippen LogP contribution in [-0.4, -0.2) is 67.7 Å². The van der Waals surface area contributed by atoms with E-state index < -0.39 is 5.60 Å². The van der Waals surface area contributed by atoms with E-state index in [2.05, 4.69) is 5.32 Å². The van der Waals surface area contributed by atoms with Crippen molar-refractivity contribution in [3.8, 4) is 0 Å². The molecule has 1 N–H and O–H groups in total.